The van der Waals surface area contributed by atoms with Gasteiger partial charge in [0.15, 0.2) is 5.71 Å². The molecule has 3 rings (SSSR count). The molecule has 0 saturated heterocycles. The second-order valence-corrected chi connectivity index (χ2v) is 7.78. The zero-order valence-electron chi connectivity index (χ0n) is 17.3. The van der Waals surface area contributed by atoms with Crippen molar-refractivity contribution in [1.82, 2.24) is 0 Å². The number of nitrogens with zero attached hydrogens (tertiary/aromatic N) is 2. The number of anilines is 1. The summed E-state index contributed by atoms with van der Waals surface area (Å²) < 4.78 is 15.9. The summed E-state index contributed by atoms with van der Waals surface area (Å²) in [5.74, 6) is -0.178. The molecule has 1 aliphatic rings. The van der Waals surface area contributed by atoms with Crippen molar-refractivity contribution in [2.75, 3.05) is 25.0 Å². The van der Waals surface area contributed by atoms with Gasteiger partial charge in [-0.3, -0.25) is 0 Å². The Bertz CT molecular complexity index is 918. The molecule has 2 nitrogen and oxygen atoms in total. The van der Waals surface area contributed by atoms with E-state index in [2.05, 4.69) is 81.5 Å². The predicted molar refractivity (Wildman–Crippen MR) is 114 cm³/mol. The minimum absolute atomic E-state index is 0.178. The summed E-state index contributed by atoms with van der Waals surface area (Å²) in [6.45, 7) is 12.9. The van der Waals surface area contributed by atoms with Crippen LogP contribution in [0.25, 0.3) is 6.08 Å². The fourth-order valence-corrected chi connectivity index (χ4v) is 4.11. The maximum Gasteiger partial charge on any atom is 0.209 e. The Morgan fingerprint density at radius 3 is 2.37 bits per heavy atom. The summed E-state index contributed by atoms with van der Waals surface area (Å²) in [6, 6.07) is 11.7. The number of aryl methyl sites for hydroxylation is 1. The van der Waals surface area contributed by atoms with Gasteiger partial charge in [-0.1, -0.05) is 6.07 Å². The molecule has 142 valence electrons. The fourth-order valence-electron chi connectivity index (χ4n) is 4.11. The minimum Gasteiger partial charge on any atom is -0.372 e. The Hall–Kier alpha value is -2.42. The Kier molecular flexibility index (Phi) is 5.23. The summed E-state index contributed by atoms with van der Waals surface area (Å²) in [4.78, 5) is 2.36. The van der Waals surface area contributed by atoms with E-state index in [1.54, 1.807) is 6.07 Å². The first-order valence-electron chi connectivity index (χ1n) is 9.74. The molecule has 27 heavy (non-hydrogen) atoms. The zero-order valence-corrected chi connectivity index (χ0v) is 17.3. The number of hydrogen-bond donors (Lipinski definition) is 0. The minimum atomic E-state index is -0.224. The zero-order chi connectivity index (χ0) is 19.8. The van der Waals surface area contributed by atoms with Gasteiger partial charge < -0.3 is 4.90 Å². The molecule has 0 bridgehead atoms. The van der Waals surface area contributed by atoms with Crippen molar-refractivity contribution in [2.24, 2.45) is 0 Å². The van der Waals surface area contributed by atoms with E-state index in [4.69, 9.17) is 0 Å². The van der Waals surface area contributed by atoms with Crippen LogP contribution in [0, 0.1) is 12.7 Å². The Labute approximate surface area is 162 Å². The summed E-state index contributed by atoms with van der Waals surface area (Å²) in [5.41, 5.74) is 6.81. The normalized spacial score (nSPS) is 15.5. The van der Waals surface area contributed by atoms with Gasteiger partial charge in [0, 0.05) is 36.5 Å². The average molecular weight is 366 g/mol. The van der Waals surface area contributed by atoms with Gasteiger partial charge in [-0.25, -0.2) is 4.39 Å². The third-order valence-electron chi connectivity index (χ3n) is 5.80. The van der Waals surface area contributed by atoms with Gasteiger partial charge in [0.1, 0.15) is 12.9 Å². The lowest BCUT2D eigenvalue weighted by atomic mass is 9.81. The number of fused-ring (bicyclic) bond motifs is 1. The molecule has 0 atom stereocenters. The van der Waals surface area contributed by atoms with E-state index in [9.17, 15) is 4.39 Å². The van der Waals surface area contributed by atoms with Crippen LogP contribution >= 0.6 is 0 Å². The summed E-state index contributed by atoms with van der Waals surface area (Å²) in [5, 5.41) is 0. The number of allylic oxidation sites excluding steroid dienone is 1. The summed E-state index contributed by atoms with van der Waals surface area (Å²) in [6.07, 6.45) is 4.36. The molecule has 0 N–H and O–H groups in total. The molecular formula is C24H30FN2+. The van der Waals surface area contributed by atoms with Crippen LogP contribution in [0.15, 0.2) is 42.5 Å². The summed E-state index contributed by atoms with van der Waals surface area (Å²) in [7, 11) is 2.06. The molecule has 0 saturated carbocycles. The highest BCUT2D eigenvalue weighted by atomic mass is 19.1. The second kappa shape index (κ2) is 7.30. The highest BCUT2D eigenvalue weighted by Crippen LogP contribution is 2.39. The Morgan fingerprint density at radius 2 is 1.74 bits per heavy atom. The van der Waals surface area contributed by atoms with E-state index in [0.717, 1.165) is 24.3 Å². The second-order valence-electron chi connectivity index (χ2n) is 7.78. The van der Waals surface area contributed by atoms with Gasteiger partial charge in [0.2, 0.25) is 5.69 Å². The largest absolute Gasteiger partial charge is 0.372 e. The van der Waals surface area contributed by atoms with Crippen molar-refractivity contribution in [3.63, 3.8) is 0 Å². The van der Waals surface area contributed by atoms with Crippen molar-refractivity contribution in [3.8, 4) is 0 Å². The molecule has 2 aromatic carbocycles. The van der Waals surface area contributed by atoms with Crippen LogP contribution in [-0.4, -0.2) is 30.4 Å². The monoisotopic (exact) mass is 365 g/mol. The SMILES string of the molecule is CCN(CC)c1ccc(/C=C/C2=[N+](C)c3ccc(F)cc3C2(C)C)c(C)c1. The van der Waals surface area contributed by atoms with Crippen LogP contribution in [0.4, 0.5) is 15.8 Å². The first kappa shape index (κ1) is 19.3. The van der Waals surface area contributed by atoms with Crippen LogP contribution in [-0.2, 0) is 5.41 Å². The van der Waals surface area contributed by atoms with E-state index in [1.807, 2.05) is 6.07 Å². The van der Waals surface area contributed by atoms with Crippen LogP contribution in [0.2, 0.25) is 0 Å². The van der Waals surface area contributed by atoms with Crippen LogP contribution in [0.3, 0.4) is 0 Å². The molecule has 1 heterocycles. The molecule has 0 aliphatic carbocycles. The number of hydrogen-bond acceptors (Lipinski definition) is 1. The van der Waals surface area contributed by atoms with E-state index in [1.165, 1.54) is 28.6 Å². The average Bonchev–Trinajstić information content (AvgIpc) is 2.81. The van der Waals surface area contributed by atoms with Crippen molar-refractivity contribution >= 4 is 23.2 Å². The Balaban J connectivity index is 1.94. The molecular weight excluding hydrogens is 335 g/mol. The first-order chi connectivity index (χ1) is 12.8. The van der Waals surface area contributed by atoms with Gasteiger partial charge in [-0.15, -0.1) is 0 Å². The lowest BCUT2D eigenvalue weighted by Crippen LogP contribution is -2.26. The molecule has 1 aliphatic heterocycles. The molecule has 0 amide bonds. The molecule has 0 radical (unpaired) electrons. The van der Waals surface area contributed by atoms with Crippen LogP contribution in [0.1, 0.15) is 44.4 Å². The van der Waals surface area contributed by atoms with Crippen molar-refractivity contribution in [1.29, 1.82) is 0 Å². The molecule has 0 unspecified atom stereocenters. The van der Waals surface area contributed by atoms with Crippen molar-refractivity contribution < 1.29 is 8.97 Å². The van der Waals surface area contributed by atoms with E-state index in [-0.39, 0.29) is 11.2 Å². The maximum atomic E-state index is 13.8. The molecule has 0 fully saturated rings. The predicted octanol–water partition coefficient (Wildman–Crippen LogP) is 5.70. The van der Waals surface area contributed by atoms with Crippen molar-refractivity contribution in [3.05, 3.63) is 65.0 Å². The quantitative estimate of drug-likeness (QED) is 0.616. The van der Waals surface area contributed by atoms with Gasteiger partial charge in [-0.2, -0.15) is 4.58 Å². The highest BCUT2D eigenvalue weighted by molar-refractivity contribution is 6.05. The number of rotatable bonds is 5. The molecule has 0 aromatic heterocycles. The lowest BCUT2D eigenvalue weighted by Gasteiger charge is -2.22. The molecule has 0 spiro atoms. The van der Waals surface area contributed by atoms with E-state index >= 15 is 0 Å². The Morgan fingerprint density at radius 1 is 1.04 bits per heavy atom. The van der Waals surface area contributed by atoms with Crippen LogP contribution < -0.4 is 4.90 Å². The van der Waals surface area contributed by atoms with Gasteiger partial charge in [0.25, 0.3) is 0 Å². The highest BCUT2D eigenvalue weighted by Gasteiger charge is 2.43. The number of benzene rings is 2. The smallest absolute Gasteiger partial charge is 0.209 e. The van der Waals surface area contributed by atoms with Crippen LogP contribution in [0.5, 0.6) is 0 Å². The molecule has 3 heteroatoms. The van der Waals surface area contributed by atoms with Crippen molar-refractivity contribution in [2.45, 2.75) is 40.0 Å². The lowest BCUT2D eigenvalue weighted by molar-refractivity contribution is -0.401. The number of halogens is 1. The first-order valence-corrected chi connectivity index (χ1v) is 9.74. The standard InChI is InChI=1S/C24H30FN2/c1-7-27(8-2)20-12-9-18(17(3)15-20)10-14-23-24(4,5)21-16-19(25)11-13-22(21)26(23)6/h9-16H,7-8H2,1-6H3/q+1. The maximum absolute atomic E-state index is 13.8. The topological polar surface area (TPSA) is 6.25 Å². The fraction of sp³-hybridized carbons (Fsp3) is 0.375. The van der Waals surface area contributed by atoms with Gasteiger partial charge in [-0.05, 0) is 76.1 Å². The van der Waals surface area contributed by atoms with Gasteiger partial charge >= 0.3 is 0 Å². The van der Waals surface area contributed by atoms with Gasteiger partial charge in [0.05, 0.1) is 5.41 Å². The third kappa shape index (κ3) is 3.43. The third-order valence-corrected chi connectivity index (χ3v) is 5.80. The summed E-state index contributed by atoms with van der Waals surface area (Å²) >= 11 is 0. The van der Waals surface area contributed by atoms with E-state index < -0.39 is 0 Å². The van der Waals surface area contributed by atoms with E-state index in [0.29, 0.717) is 0 Å². The molecule has 2 aromatic rings.